The lowest BCUT2D eigenvalue weighted by Gasteiger charge is -2.37. The molecule has 0 aliphatic carbocycles. The summed E-state index contributed by atoms with van der Waals surface area (Å²) in [6, 6.07) is 17.4. The van der Waals surface area contributed by atoms with Crippen LogP contribution >= 0.6 is 23.2 Å². The van der Waals surface area contributed by atoms with Crippen molar-refractivity contribution in [1.29, 1.82) is 0 Å². The van der Waals surface area contributed by atoms with Gasteiger partial charge in [0.05, 0.1) is 5.52 Å². The summed E-state index contributed by atoms with van der Waals surface area (Å²) in [5, 5.41) is 5.76. The third-order valence-corrected chi connectivity index (χ3v) is 5.85. The minimum absolute atomic E-state index is 0.569. The van der Waals surface area contributed by atoms with Crippen LogP contribution in [0.25, 0.3) is 10.9 Å². The number of piperazine rings is 1. The monoisotopic (exact) mass is 450 g/mol. The standard InChI is InChI=1S/C23H20Cl2N6/c24-16-1-4-18(5-2-16)28-23-27-10-8-22(29-23)31-13-11-30(12-14-31)21-7-9-26-20-15-17(25)3-6-19(20)21/h1-10,15H,11-14H2,(H,27,28,29). The van der Waals surface area contributed by atoms with Gasteiger partial charge in [-0.3, -0.25) is 4.98 Å². The Bertz CT molecular complexity index is 1210. The number of hydrogen-bond acceptors (Lipinski definition) is 6. The highest BCUT2D eigenvalue weighted by Gasteiger charge is 2.20. The van der Waals surface area contributed by atoms with E-state index >= 15 is 0 Å². The second-order valence-electron chi connectivity index (χ2n) is 7.34. The van der Waals surface area contributed by atoms with Gasteiger partial charge in [0.2, 0.25) is 5.95 Å². The highest BCUT2D eigenvalue weighted by atomic mass is 35.5. The number of benzene rings is 2. The number of aromatic nitrogens is 3. The minimum Gasteiger partial charge on any atom is -0.367 e. The zero-order valence-corrected chi connectivity index (χ0v) is 18.2. The van der Waals surface area contributed by atoms with E-state index in [1.54, 1.807) is 6.20 Å². The summed E-state index contributed by atoms with van der Waals surface area (Å²) in [6.07, 6.45) is 3.63. The van der Waals surface area contributed by atoms with Crippen molar-refractivity contribution >= 4 is 57.2 Å². The third kappa shape index (κ3) is 4.36. The molecule has 31 heavy (non-hydrogen) atoms. The first kappa shape index (κ1) is 19.8. The van der Waals surface area contributed by atoms with E-state index in [0.717, 1.165) is 48.6 Å². The number of anilines is 4. The van der Waals surface area contributed by atoms with E-state index in [-0.39, 0.29) is 0 Å². The number of nitrogens with zero attached hydrogens (tertiary/aromatic N) is 5. The van der Waals surface area contributed by atoms with Gasteiger partial charge in [0.1, 0.15) is 5.82 Å². The maximum atomic E-state index is 6.13. The van der Waals surface area contributed by atoms with Crippen LogP contribution in [-0.4, -0.2) is 41.1 Å². The van der Waals surface area contributed by atoms with Crippen molar-refractivity contribution in [2.24, 2.45) is 0 Å². The van der Waals surface area contributed by atoms with Gasteiger partial charge in [-0.15, -0.1) is 0 Å². The van der Waals surface area contributed by atoms with Gasteiger partial charge in [-0.25, -0.2) is 4.98 Å². The van der Waals surface area contributed by atoms with Gasteiger partial charge < -0.3 is 15.1 Å². The molecule has 1 aliphatic rings. The minimum atomic E-state index is 0.569. The van der Waals surface area contributed by atoms with E-state index < -0.39 is 0 Å². The van der Waals surface area contributed by atoms with Crippen molar-refractivity contribution in [1.82, 2.24) is 15.0 Å². The number of nitrogens with one attached hydrogen (secondary N) is 1. The summed E-state index contributed by atoms with van der Waals surface area (Å²) in [5.41, 5.74) is 3.01. The molecule has 4 aromatic rings. The largest absolute Gasteiger partial charge is 0.367 e. The molecule has 2 aromatic carbocycles. The van der Waals surface area contributed by atoms with E-state index in [9.17, 15) is 0 Å². The molecule has 1 N–H and O–H groups in total. The lowest BCUT2D eigenvalue weighted by molar-refractivity contribution is 0.648. The quantitative estimate of drug-likeness (QED) is 0.448. The van der Waals surface area contributed by atoms with E-state index in [0.29, 0.717) is 16.0 Å². The fraction of sp³-hybridized carbons (Fsp3) is 0.174. The van der Waals surface area contributed by atoms with Crippen LogP contribution in [0.3, 0.4) is 0 Å². The molecule has 1 saturated heterocycles. The Morgan fingerprint density at radius 3 is 2.26 bits per heavy atom. The Kier molecular flexibility index (Phi) is 5.49. The van der Waals surface area contributed by atoms with Gasteiger partial charge in [-0.2, -0.15) is 4.98 Å². The maximum absolute atomic E-state index is 6.13. The molecule has 6 nitrogen and oxygen atoms in total. The molecule has 3 heterocycles. The Morgan fingerprint density at radius 1 is 0.742 bits per heavy atom. The average Bonchev–Trinajstić information content (AvgIpc) is 2.80. The Hall–Kier alpha value is -3.09. The molecule has 2 aromatic heterocycles. The Labute approximate surface area is 190 Å². The third-order valence-electron chi connectivity index (χ3n) is 5.37. The molecule has 0 unspecified atom stereocenters. The molecule has 0 spiro atoms. The summed E-state index contributed by atoms with van der Waals surface area (Å²) in [5.74, 6) is 1.48. The fourth-order valence-corrected chi connectivity index (χ4v) is 4.10. The van der Waals surface area contributed by atoms with E-state index in [2.05, 4.69) is 31.2 Å². The highest BCUT2D eigenvalue weighted by molar-refractivity contribution is 6.31. The first-order chi connectivity index (χ1) is 15.2. The van der Waals surface area contributed by atoms with E-state index in [1.807, 2.05) is 54.7 Å². The van der Waals surface area contributed by atoms with Crippen LogP contribution in [0.5, 0.6) is 0 Å². The Morgan fingerprint density at radius 2 is 1.45 bits per heavy atom. The van der Waals surface area contributed by atoms with Crippen molar-refractivity contribution < 1.29 is 0 Å². The van der Waals surface area contributed by atoms with E-state index in [4.69, 9.17) is 28.2 Å². The molecule has 1 fully saturated rings. The highest BCUT2D eigenvalue weighted by Crippen LogP contribution is 2.29. The van der Waals surface area contributed by atoms with Crippen LogP contribution in [0.1, 0.15) is 0 Å². The summed E-state index contributed by atoms with van der Waals surface area (Å²) in [4.78, 5) is 18.2. The van der Waals surface area contributed by atoms with Crippen molar-refractivity contribution in [2.45, 2.75) is 0 Å². The molecule has 8 heteroatoms. The molecular weight excluding hydrogens is 431 g/mol. The summed E-state index contributed by atoms with van der Waals surface area (Å²) < 4.78 is 0. The lowest BCUT2D eigenvalue weighted by Crippen LogP contribution is -2.47. The zero-order valence-electron chi connectivity index (χ0n) is 16.7. The molecule has 0 radical (unpaired) electrons. The summed E-state index contributed by atoms with van der Waals surface area (Å²) in [6.45, 7) is 3.53. The summed E-state index contributed by atoms with van der Waals surface area (Å²) >= 11 is 12.1. The van der Waals surface area contributed by atoms with Crippen LogP contribution in [0.15, 0.2) is 67.0 Å². The number of rotatable bonds is 4. The lowest BCUT2D eigenvalue weighted by atomic mass is 10.1. The number of pyridine rings is 1. The van der Waals surface area contributed by atoms with Crippen molar-refractivity contribution in [2.75, 3.05) is 41.3 Å². The number of halogens is 2. The average molecular weight is 451 g/mol. The number of fused-ring (bicyclic) bond motifs is 1. The van der Waals surface area contributed by atoms with Crippen molar-refractivity contribution in [3.05, 3.63) is 77.0 Å². The molecule has 0 saturated carbocycles. The zero-order chi connectivity index (χ0) is 21.2. The van der Waals surface area contributed by atoms with Crippen LogP contribution in [0.2, 0.25) is 10.0 Å². The smallest absolute Gasteiger partial charge is 0.229 e. The second-order valence-corrected chi connectivity index (χ2v) is 8.21. The molecule has 156 valence electrons. The Balaban J connectivity index is 1.29. The van der Waals surface area contributed by atoms with E-state index in [1.165, 1.54) is 5.69 Å². The van der Waals surface area contributed by atoms with Crippen LogP contribution in [-0.2, 0) is 0 Å². The normalized spacial score (nSPS) is 14.1. The van der Waals surface area contributed by atoms with Crippen molar-refractivity contribution in [3.63, 3.8) is 0 Å². The molecule has 1 aliphatic heterocycles. The van der Waals surface area contributed by atoms with Crippen LogP contribution < -0.4 is 15.1 Å². The van der Waals surface area contributed by atoms with Crippen molar-refractivity contribution in [3.8, 4) is 0 Å². The second kappa shape index (κ2) is 8.57. The van der Waals surface area contributed by atoms with Gasteiger partial charge in [-0.1, -0.05) is 23.2 Å². The number of hydrogen-bond donors (Lipinski definition) is 1. The summed E-state index contributed by atoms with van der Waals surface area (Å²) in [7, 11) is 0. The first-order valence-electron chi connectivity index (χ1n) is 10.1. The predicted octanol–water partition coefficient (Wildman–Crippen LogP) is 5.40. The molecule has 0 amide bonds. The van der Waals surface area contributed by atoms with Gasteiger partial charge >= 0.3 is 0 Å². The molecular formula is C23H20Cl2N6. The van der Waals surface area contributed by atoms with Gasteiger partial charge in [0.25, 0.3) is 0 Å². The van der Waals surface area contributed by atoms with Gasteiger partial charge in [0.15, 0.2) is 0 Å². The van der Waals surface area contributed by atoms with Crippen LogP contribution in [0.4, 0.5) is 23.1 Å². The topological polar surface area (TPSA) is 57.2 Å². The van der Waals surface area contributed by atoms with Gasteiger partial charge in [0, 0.05) is 65.4 Å². The molecule has 5 rings (SSSR count). The van der Waals surface area contributed by atoms with Crippen LogP contribution in [0, 0.1) is 0 Å². The maximum Gasteiger partial charge on any atom is 0.229 e. The predicted molar refractivity (Wildman–Crippen MR) is 128 cm³/mol. The SMILES string of the molecule is Clc1ccc(Nc2nccc(N3CCN(c4ccnc5cc(Cl)ccc45)CC3)n2)cc1. The first-order valence-corrected chi connectivity index (χ1v) is 10.8. The molecule has 0 atom stereocenters. The fourth-order valence-electron chi connectivity index (χ4n) is 3.81. The molecule has 0 bridgehead atoms. The van der Waals surface area contributed by atoms with Gasteiger partial charge in [-0.05, 0) is 54.6 Å².